The van der Waals surface area contributed by atoms with Gasteiger partial charge < -0.3 is 10.2 Å². The number of nitrogens with one attached hydrogen (secondary N) is 1. The molecule has 0 amide bonds. The minimum absolute atomic E-state index is 0.226. The molecule has 1 fully saturated rings. The predicted octanol–water partition coefficient (Wildman–Crippen LogP) is 2.33. The average Bonchev–Trinajstić information content (AvgIpc) is 2.21. The Kier molecular flexibility index (Phi) is 5.37. The van der Waals surface area contributed by atoms with Crippen LogP contribution < -0.4 is 5.32 Å². The first-order chi connectivity index (χ1) is 7.08. The van der Waals surface area contributed by atoms with Gasteiger partial charge in [0.2, 0.25) is 0 Å². The summed E-state index contributed by atoms with van der Waals surface area (Å²) in [7, 11) is 4.22. The minimum atomic E-state index is 0.226. The molecule has 1 aliphatic carbocycles. The minimum Gasteiger partial charge on any atom is -0.309 e. The summed E-state index contributed by atoms with van der Waals surface area (Å²) >= 11 is 6.12. The summed E-state index contributed by atoms with van der Waals surface area (Å²) in [4.78, 5) is 2.21. The van der Waals surface area contributed by atoms with Crippen molar-refractivity contribution in [2.24, 2.45) is 5.92 Å². The van der Waals surface area contributed by atoms with Crippen LogP contribution >= 0.6 is 11.6 Å². The van der Waals surface area contributed by atoms with Crippen LogP contribution in [0, 0.1) is 5.92 Å². The number of halogens is 1. The lowest BCUT2D eigenvalue weighted by Gasteiger charge is -2.39. The zero-order valence-corrected chi connectivity index (χ0v) is 11.1. The SMILES string of the molecule is CC1CCC(CCl)(NCCN(C)C)CC1. The molecule has 2 nitrogen and oxygen atoms in total. The molecular formula is C12H25ClN2. The van der Waals surface area contributed by atoms with Gasteiger partial charge in [0.25, 0.3) is 0 Å². The lowest BCUT2D eigenvalue weighted by Crippen LogP contribution is -2.51. The molecular weight excluding hydrogens is 208 g/mol. The highest BCUT2D eigenvalue weighted by atomic mass is 35.5. The quantitative estimate of drug-likeness (QED) is 0.732. The van der Waals surface area contributed by atoms with E-state index in [2.05, 4.69) is 31.2 Å². The largest absolute Gasteiger partial charge is 0.309 e. The first-order valence-electron chi connectivity index (χ1n) is 6.04. The van der Waals surface area contributed by atoms with Crippen LogP contribution in [0.4, 0.5) is 0 Å². The fourth-order valence-corrected chi connectivity index (χ4v) is 2.58. The third-order valence-electron chi connectivity index (χ3n) is 3.55. The summed E-state index contributed by atoms with van der Waals surface area (Å²) < 4.78 is 0. The third kappa shape index (κ3) is 4.29. The zero-order chi connectivity index (χ0) is 11.3. The van der Waals surface area contributed by atoms with E-state index in [-0.39, 0.29) is 5.54 Å². The molecule has 0 aromatic heterocycles. The van der Waals surface area contributed by atoms with Crippen LogP contribution in [0.15, 0.2) is 0 Å². The smallest absolute Gasteiger partial charge is 0.0406 e. The van der Waals surface area contributed by atoms with Crippen LogP contribution in [0.5, 0.6) is 0 Å². The molecule has 0 aromatic rings. The van der Waals surface area contributed by atoms with Gasteiger partial charge in [-0.25, -0.2) is 0 Å². The molecule has 0 saturated heterocycles. The maximum atomic E-state index is 6.12. The molecule has 3 heteroatoms. The molecule has 1 saturated carbocycles. The fourth-order valence-electron chi connectivity index (χ4n) is 2.22. The number of likely N-dealkylation sites (N-methyl/N-ethyl adjacent to an activating group) is 1. The molecule has 0 aromatic carbocycles. The second-order valence-electron chi connectivity index (χ2n) is 5.33. The summed E-state index contributed by atoms with van der Waals surface area (Å²) in [5.74, 6) is 1.64. The van der Waals surface area contributed by atoms with E-state index >= 15 is 0 Å². The topological polar surface area (TPSA) is 15.3 Å². The van der Waals surface area contributed by atoms with Crippen molar-refractivity contribution in [3.8, 4) is 0 Å². The summed E-state index contributed by atoms with van der Waals surface area (Å²) in [5, 5.41) is 3.66. The highest BCUT2D eigenvalue weighted by Gasteiger charge is 2.32. The maximum absolute atomic E-state index is 6.12. The van der Waals surface area contributed by atoms with Gasteiger partial charge in [0, 0.05) is 24.5 Å². The van der Waals surface area contributed by atoms with Crippen LogP contribution in [0.3, 0.4) is 0 Å². The molecule has 0 aliphatic heterocycles. The van der Waals surface area contributed by atoms with Gasteiger partial charge in [0.05, 0.1) is 0 Å². The van der Waals surface area contributed by atoms with Gasteiger partial charge in [-0.2, -0.15) is 0 Å². The predicted molar refractivity (Wildman–Crippen MR) is 67.6 cm³/mol. The molecule has 0 unspecified atom stereocenters. The van der Waals surface area contributed by atoms with Crippen LogP contribution in [-0.2, 0) is 0 Å². The molecule has 1 N–H and O–H groups in total. The van der Waals surface area contributed by atoms with Crippen LogP contribution in [0.1, 0.15) is 32.6 Å². The molecule has 1 rings (SSSR count). The van der Waals surface area contributed by atoms with Crippen LogP contribution in [0.2, 0.25) is 0 Å². The van der Waals surface area contributed by atoms with Gasteiger partial charge in [-0.05, 0) is 45.7 Å². The van der Waals surface area contributed by atoms with Gasteiger partial charge in [-0.15, -0.1) is 11.6 Å². The summed E-state index contributed by atoms with van der Waals surface area (Å²) in [5.41, 5.74) is 0.226. The Hall–Kier alpha value is 0.210. The molecule has 0 radical (unpaired) electrons. The van der Waals surface area contributed by atoms with Crippen molar-refractivity contribution in [3.63, 3.8) is 0 Å². The second-order valence-corrected chi connectivity index (χ2v) is 5.59. The van der Waals surface area contributed by atoms with Crippen molar-refractivity contribution in [2.75, 3.05) is 33.1 Å². The van der Waals surface area contributed by atoms with E-state index in [0.717, 1.165) is 24.9 Å². The molecule has 15 heavy (non-hydrogen) atoms. The first kappa shape index (κ1) is 13.3. The molecule has 0 spiro atoms. The number of alkyl halides is 1. The van der Waals surface area contributed by atoms with E-state index in [4.69, 9.17) is 11.6 Å². The van der Waals surface area contributed by atoms with Crippen molar-refractivity contribution < 1.29 is 0 Å². The van der Waals surface area contributed by atoms with E-state index in [1.165, 1.54) is 25.7 Å². The molecule has 90 valence electrons. The van der Waals surface area contributed by atoms with E-state index in [1.54, 1.807) is 0 Å². The van der Waals surface area contributed by atoms with E-state index in [9.17, 15) is 0 Å². The average molecular weight is 233 g/mol. The van der Waals surface area contributed by atoms with Crippen LogP contribution in [0.25, 0.3) is 0 Å². The molecule has 0 bridgehead atoms. The number of hydrogen-bond acceptors (Lipinski definition) is 2. The third-order valence-corrected chi connectivity index (χ3v) is 4.06. The van der Waals surface area contributed by atoms with Gasteiger partial charge in [0.1, 0.15) is 0 Å². The lowest BCUT2D eigenvalue weighted by molar-refractivity contribution is 0.212. The number of hydrogen-bond donors (Lipinski definition) is 1. The first-order valence-corrected chi connectivity index (χ1v) is 6.57. The Balaban J connectivity index is 2.33. The highest BCUT2D eigenvalue weighted by molar-refractivity contribution is 6.18. The Morgan fingerprint density at radius 3 is 2.40 bits per heavy atom. The molecule has 0 heterocycles. The normalized spacial score (nSPS) is 32.2. The second kappa shape index (κ2) is 6.07. The van der Waals surface area contributed by atoms with Crippen molar-refractivity contribution >= 4 is 11.6 Å². The summed E-state index contributed by atoms with van der Waals surface area (Å²) in [6, 6.07) is 0. The van der Waals surface area contributed by atoms with Gasteiger partial charge in [-0.3, -0.25) is 0 Å². The maximum Gasteiger partial charge on any atom is 0.0406 e. The summed E-state index contributed by atoms with van der Waals surface area (Å²) in [6.45, 7) is 4.49. The Bertz CT molecular complexity index is 174. The van der Waals surface area contributed by atoms with Crippen molar-refractivity contribution in [3.05, 3.63) is 0 Å². The van der Waals surface area contributed by atoms with Gasteiger partial charge in [-0.1, -0.05) is 6.92 Å². The monoisotopic (exact) mass is 232 g/mol. The van der Waals surface area contributed by atoms with Crippen LogP contribution in [-0.4, -0.2) is 43.5 Å². The van der Waals surface area contributed by atoms with E-state index < -0.39 is 0 Å². The number of nitrogens with zero attached hydrogens (tertiary/aromatic N) is 1. The molecule has 0 atom stereocenters. The van der Waals surface area contributed by atoms with E-state index in [0.29, 0.717) is 0 Å². The molecule has 1 aliphatic rings. The lowest BCUT2D eigenvalue weighted by atomic mass is 9.78. The Morgan fingerprint density at radius 2 is 1.93 bits per heavy atom. The van der Waals surface area contributed by atoms with E-state index in [1.807, 2.05) is 0 Å². The Labute approximate surface area is 99.4 Å². The van der Waals surface area contributed by atoms with Gasteiger partial charge >= 0.3 is 0 Å². The highest BCUT2D eigenvalue weighted by Crippen LogP contribution is 2.32. The van der Waals surface area contributed by atoms with Crippen molar-refractivity contribution in [2.45, 2.75) is 38.1 Å². The summed E-state index contributed by atoms with van der Waals surface area (Å²) in [6.07, 6.45) is 5.12. The van der Waals surface area contributed by atoms with Crippen molar-refractivity contribution in [1.29, 1.82) is 0 Å². The Morgan fingerprint density at radius 1 is 1.33 bits per heavy atom. The fraction of sp³-hybridized carbons (Fsp3) is 1.00. The standard InChI is InChI=1S/C12H25ClN2/c1-11-4-6-12(10-13,7-5-11)14-8-9-15(2)3/h11,14H,4-10H2,1-3H3. The van der Waals surface area contributed by atoms with Crippen molar-refractivity contribution in [1.82, 2.24) is 10.2 Å². The zero-order valence-electron chi connectivity index (χ0n) is 10.4. The van der Waals surface area contributed by atoms with Gasteiger partial charge in [0.15, 0.2) is 0 Å². The number of rotatable bonds is 5.